The van der Waals surface area contributed by atoms with E-state index in [2.05, 4.69) is 9.97 Å². The highest BCUT2D eigenvalue weighted by Gasteiger charge is 2.31. The molecule has 0 bridgehead atoms. The van der Waals surface area contributed by atoms with Crippen LogP contribution in [-0.4, -0.2) is 21.0 Å². The van der Waals surface area contributed by atoms with Crippen molar-refractivity contribution in [2.24, 2.45) is 0 Å². The molecule has 0 fully saturated rings. The van der Waals surface area contributed by atoms with Gasteiger partial charge in [-0.2, -0.15) is 13.2 Å². The second-order valence-electron chi connectivity index (χ2n) is 4.93. The predicted octanol–water partition coefficient (Wildman–Crippen LogP) is 4.23. The maximum Gasteiger partial charge on any atom is 0.416 e. The van der Waals surface area contributed by atoms with E-state index in [0.717, 1.165) is 12.1 Å². The number of aromatic amines is 1. The minimum Gasteiger partial charge on any atom is -0.478 e. The molecular weight excluding hydrogens is 335 g/mol. The molecule has 0 atom stereocenters. The Morgan fingerprint density at radius 1 is 1.12 bits per heavy atom. The van der Waals surface area contributed by atoms with Gasteiger partial charge >= 0.3 is 12.1 Å². The molecule has 3 aromatic rings. The first kappa shape index (κ1) is 15.9. The number of aromatic nitrogens is 2. The molecule has 0 saturated carbocycles. The van der Waals surface area contributed by atoms with Crippen molar-refractivity contribution in [2.45, 2.75) is 6.18 Å². The van der Waals surface area contributed by atoms with Crippen molar-refractivity contribution in [3.05, 3.63) is 53.1 Å². The Balaban J connectivity index is 2.23. The minimum absolute atomic E-state index is 0.0293. The SMILES string of the molecule is O=C(O)c1c(F)ccc2nc(-c3cc(F)cc(C(F)(F)F)c3)[nH]c12. The highest BCUT2D eigenvalue weighted by atomic mass is 19.4. The lowest BCUT2D eigenvalue weighted by molar-refractivity contribution is -0.137. The first-order valence-electron chi connectivity index (χ1n) is 6.46. The van der Waals surface area contributed by atoms with E-state index in [-0.39, 0.29) is 22.4 Å². The van der Waals surface area contributed by atoms with Crippen LogP contribution in [0.15, 0.2) is 30.3 Å². The molecule has 4 nitrogen and oxygen atoms in total. The van der Waals surface area contributed by atoms with E-state index in [1.807, 2.05) is 0 Å². The Bertz CT molecular complexity index is 962. The van der Waals surface area contributed by atoms with Crippen LogP contribution in [0.3, 0.4) is 0 Å². The summed E-state index contributed by atoms with van der Waals surface area (Å²) in [6.45, 7) is 0. The van der Waals surface area contributed by atoms with E-state index < -0.39 is 34.9 Å². The zero-order valence-corrected chi connectivity index (χ0v) is 11.6. The molecule has 124 valence electrons. The zero-order chi connectivity index (χ0) is 17.6. The van der Waals surface area contributed by atoms with Gasteiger partial charge in [0.1, 0.15) is 23.0 Å². The molecule has 0 unspecified atom stereocenters. The van der Waals surface area contributed by atoms with Gasteiger partial charge in [0.15, 0.2) is 0 Å². The molecule has 0 amide bonds. The van der Waals surface area contributed by atoms with E-state index in [1.54, 1.807) is 0 Å². The quantitative estimate of drug-likeness (QED) is 0.685. The maximum atomic E-state index is 13.6. The Kier molecular flexibility index (Phi) is 3.51. The fourth-order valence-corrected chi connectivity index (χ4v) is 2.29. The van der Waals surface area contributed by atoms with E-state index in [0.29, 0.717) is 12.1 Å². The number of hydrogen-bond donors (Lipinski definition) is 2. The monoisotopic (exact) mass is 342 g/mol. The molecule has 0 radical (unpaired) electrons. The molecule has 0 spiro atoms. The van der Waals surface area contributed by atoms with Crippen molar-refractivity contribution in [3.63, 3.8) is 0 Å². The second-order valence-corrected chi connectivity index (χ2v) is 4.93. The maximum absolute atomic E-state index is 13.6. The molecule has 2 N–H and O–H groups in total. The average Bonchev–Trinajstić information content (AvgIpc) is 2.89. The Labute approximate surface area is 130 Å². The lowest BCUT2D eigenvalue weighted by atomic mass is 10.1. The number of H-pyrrole nitrogens is 1. The van der Waals surface area contributed by atoms with Crippen LogP contribution in [-0.2, 0) is 6.18 Å². The second kappa shape index (κ2) is 5.29. The first-order valence-corrected chi connectivity index (χ1v) is 6.46. The van der Waals surface area contributed by atoms with Crippen LogP contribution >= 0.6 is 0 Å². The van der Waals surface area contributed by atoms with Crippen LogP contribution in [0.1, 0.15) is 15.9 Å². The molecule has 0 aliphatic rings. The van der Waals surface area contributed by atoms with Gasteiger partial charge in [0, 0.05) is 5.56 Å². The van der Waals surface area contributed by atoms with Crippen molar-refractivity contribution in [2.75, 3.05) is 0 Å². The van der Waals surface area contributed by atoms with Crippen molar-refractivity contribution in [1.82, 2.24) is 9.97 Å². The number of carbonyl (C=O) groups is 1. The lowest BCUT2D eigenvalue weighted by Crippen LogP contribution is -2.05. The number of hydrogen-bond acceptors (Lipinski definition) is 2. The van der Waals surface area contributed by atoms with Gasteiger partial charge in [0.05, 0.1) is 16.6 Å². The number of aromatic carboxylic acids is 1. The van der Waals surface area contributed by atoms with E-state index in [1.165, 1.54) is 6.07 Å². The van der Waals surface area contributed by atoms with Crippen LogP contribution in [0, 0.1) is 11.6 Å². The molecule has 3 rings (SSSR count). The minimum atomic E-state index is -4.76. The summed E-state index contributed by atoms with van der Waals surface area (Å²) in [5.74, 6) is -3.93. The summed E-state index contributed by atoms with van der Waals surface area (Å²) in [5, 5.41) is 9.04. The van der Waals surface area contributed by atoms with Crippen LogP contribution in [0.25, 0.3) is 22.4 Å². The normalized spacial score (nSPS) is 11.9. The number of imidazole rings is 1. The fraction of sp³-hybridized carbons (Fsp3) is 0.0667. The summed E-state index contributed by atoms with van der Waals surface area (Å²) in [7, 11) is 0. The molecular formula is C15H7F5N2O2. The molecule has 0 aliphatic heterocycles. The third-order valence-electron chi connectivity index (χ3n) is 3.32. The summed E-state index contributed by atoms with van der Waals surface area (Å²) < 4.78 is 65.4. The third-order valence-corrected chi connectivity index (χ3v) is 3.32. The zero-order valence-electron chi connectivity index (χ0n) is 11.6. The highest BCUT2D eigenvalue weighted by Crippen LogP contribution is 2.33. The Hall–Kier alpha value is -2.97. The van der Waals surface area contributed by atoms with Gasteiger partial charge < -0.3 is 10.1 Å². The number of halogens is 5. The Morgan fingerprint density at radius 2 is 1.83 bits per heavy atom. The largest absolute Gasteiger partial charge is 0.478 e. The summed E-state index contributed by atoms with van der Waals surface area (Å²) in [6.07, 6.45) is -4.76. The summed E-state index contributed by atoms with van der Waals surface area (Å²) in [6, 6.07) is 3.85. The highest BCUT2D eigenvalue weighted by molar-refractivity contribution is 6.01. The van der Waals surface area contributed by atoms with Crippen molar-refractivity contribution in [3.8, 4) is 11.4 Å². The smallest absolute Gasteiger partial charge is 0.416 e. The van der Waals surface area contributed by atoms with Crippen LogP contribution in [0.5, 0.6) is 0 Å². The molecule has 1 heterocycles. The van der Waals surface area contributed by atoms with Crippen LogP contribution in [0.4, 0.5) is 22.0 Å². The van der Waals surface area contributed by atoms with Gasteiger partial charge in [-0.15, -0.1) is 0 Å². The van der Waals surface area contributed by atoms with Gasteiger partial charge in [-0.1, -0.05) is 0 Å². The first-order chi connectivity index (χ1) is 11.2. The van der Waals surface area contributed by atoms with Crippen molar-refractivity contribution < 1.29 is 31.9 Å². The van der Waals surface area contributed by atoms with Gasteiger partial charge in [-0.3, -0.25) is 0 Å². The summed E-state index contributed by atoms with van der Waals surface area (Å²) in [4.78, 5) is 17.5. The molecule has 24 heavy (non-hydrogen) atoms. The number of carboxylic acids is 1. The van der Waals surface area contributed by atoms with Gasteiger partial charge in [-0.05, 0) is 30.3 Å². The summed E-state index contributed by atoms with van der Waals surface area (Å²) >= 11 is 0. The standard InChI is InChI=1S/C15H7F5N2O2/c16-8-4-6(3-7(5-8)15(18,19)20)13-21-10-2-1-9(17)11(14(23)24)12(10)22-13/h1-5H,(H,21,22)(H,23,24). The number of alkyl halides is 3. The molecule has 9 heteroatoms. The number of fused-ring (bicyclic) bond motifs is 1. The van der Waals surface area contributed by atoms with Gasteiger partial charge in [0.2, 0.25) is 0 Å². The van der Waals surface area contributed by atoms with Crippen molar-refractivity contribution in [1.29, 1.82) is 0 Å². The molecule has 0 aliphatic carbocycles. The van der Waals surface area contributed by atoms with Crippen LogP contribution in [0.2, 0.25) is 0 Å². The number of nitrogens with zero attached hydrogens (tertiary/aromatic N) is 1. The predicted molar refractivity (Wildman–Crippen MR) is 73.4 cm³/mol. The van der Waals surface area contributed by atoms with Gasteiger partial charge in [-0.25, -0.2) is 18.6 Å². The fourth-order valence-electron chi connectivity index (χ4n) is 2.29. The number of nitrogens with one attached hydrogen (secondary N) is 1. The average molecular weight is 342 g/mol. The Morgan fingerprint density at radius 3 is 2.46 bits per heavy atom. The lowest BCUT2D eigenvalue weighted by Gasteiger charge is -2.08. The van der Waals surface area contributed by atoms with E-state index in [9.17, 15) is 26.7 Å². The molecule has 1 aromatic heterocycles. The third kappa shape index (κ3) is 2.68. The van der Waals surface area contributed by atoms with Crippen LogP contribution < -0.4 is 0 Å². The molecule has 0 saturated heterocycles. The number of rotatable bonds is 2. The topological polar surface area (TPSA) is 66.0 Å². The number of carboxylic acid groups (broad SMARTS) is 1. The summed E-state index contributed by atoms with van der Waals surface area (Å²) in [5.41, 5.74) is -2.33. The number of benzene rings is 2. The van der Waals surface area contributed by atoms with Crippen molar-refractivity contribution >= 4 is 17.0 Å². The van der Waals surface area contributed by atoms with Gasteiger partial charge in [0.25, 0.3) is 0 Å². The van der Waals surface area contributed by atoms with E-state index >= 15 is 0 Å². The van der Waals surface area contributed by atoms with E-state index in [4.69, 9.17) is 5.11 Å². The molecule has 2 aromatic carbocycles.